The Morgan fingerprint density at radius 1 is 1.42 bits per heavy atom. The minimum atomic E-state index is 0.354. The SMILES string of the molecule is c1cnc(CC2CCCO2)nc1. The second-order valence-corrected chi connectivity index (χ2v) is 3.00. The van der Waals surface area contributed by atoms with E-state index >= 15 is 0 Å². The van der Waals surface area contributed by atoms with E-state index in [0.29, 0.717) is 6.10 Å². The molecule has 12 heavy (non-hydrogen) atoms. The van der Waals surface area contributed by atoms with E-state index in [4.69, 9.17) is 4.74 Å². The Bertz CT molecular complexity index is 232. The van der Waals surface area contributed by atoms with Crippen LogP contribution in [-0.4, -0.2) is 22.7 Å². The Morgan fingerprint density at radius 2 is 2.25 bits per heavy atom. The predicted molar refractivity (Wildman–Crippen MR) is 44.7 cm³/mol. The highest BCUT2D eigenvalue weighted by molar-refractivity contribution is 4.91. The van der Waals surface area contributed by atoms with Gasteiger partial charge in [-0.15, -0.1) is 0 Å². The standard InChI is InChI=1S/C9H12N2O/c1-3-8(12-6-1)7-9-10-4-2-5-11-9/h2,4-5,8H,1,3,6-7H2. The Hall–Kier alpha value is -0.960. The molecule has 0 amide bonds. The van der Waals surface area contributed by atoms with Gasteiger partial charge in [0.1, 0.15) is 5.82 Å². The summed E-state index contributed by atoms with van der Waals surface area (Å²) in [5, 5.41) is 0. The highest BCUT2D eigenvalue weighted by Gasteiger charge is 2.16. The van der Waals surface area contributed by atoms with E-state index in [9.17, 15) is 0 Å². The fourth-order valence-electron chi connectivity index (χ4n) is 1.44. The van der Waals surface area contributed by atoms with Gasteiger partial charge in [-0.05, 0) is 18.9 Å². The normalized spacial score (nSPS) is 22.8. The molecule has 0 aliphatic carbocycles. The zero-order valence-corrected chi connectivity index (χ0v) is 6.94. The molecule has 0 saturated carbocycles. The van der Waals surface area contributed by atoms with Crippen LogP contribution >= 0.6 is 0 Å². The predicted octanol–water partition coefficient (Wildman–Crippen LogP) is 1.20. The van der Waals surface area contributed by atoms with Crippen LogP contribution in [0, 0.1) is 0 Å². The topological polar surface area (TPSA) is 35.0 Å². The van der Waals surface area contributed by atoms with Crippen LogP contribution in [0.15, 0.2) is 18.5 Å². The molecule has 0 spiro atoms. The molecule has 1 atom stereocenters. The second-order valence-electron chi connectivity index (χ2n) is 3.00. The lowest BCUT2D eigenvalue weighted by Gasteiger charge is -2.06. The highest BCUT2D eigenvalue weighted by atomic mass is 16.5. The molecule has 0 N–H and O–H groups in total. The monoisotopic (exact) mass is 164 g/mol. The molecule has 1 saturated heterocycles. The number of hydrogen-bond donors (Lipinski definition) is 0. The first-order valence-corrected chi connectivity index (χ1v) is 4.32. The van der Waals surface area contributed by atoms with Crippen molar-refractivity contribution in [2.75, 3.05) is 6.61 Å². The number of aromatic nitrogens is 2. The molecule has 1 unspecified atom stereocenters. The van der Waals surface area contributed by atoms with Crippen molar-refractivity contribution in [1.82, 2.24) is 9.97 Å². The van der Waals surface area contributed by atoms with Crippen LogP contribution in [0.5, 0.6) is 0 Å². The number of hydrogen-bond acceptors (Lipinski definition) is 3. The second kappa shape index (κ2) is 3.63. The number of ether oxygens (including phenoxy) is 1. The molecule has 64 valence electrons. The van der Waals surface area contributed by atoms with Gasteiger partial charge in [0.15, 0.2) is 0 Å². The van der Waals surface area contributed by atoms with Crippen LogP contribution < -0.4 is 0 Å². The summed E-state index contributed by atoms with van der Waals surface area (Å²) in [4.78, 5) is 8.30. The minimum absolute atomic E-state index is 0.354. The molecule has 2 rings (SSSR count). The summed E-state index contributed by atoms with van der Waals surface area (Å²) in [7, 11) is 0. The molecular weight excluding hydrogens is 152 g/mol. The Labute approximate surface area is 71.8 Å². The van der Waals surface area contributed by atoms with Crippen molar-refractivity contribution in [2.45, 2.75) is 25.4 Å². The summed E-state index contributed by atoms with van der Waals surface area (Å²) in [5.74, 6) is 0.893. The van der Waals surface area contributed by atoms with E-state index < -0.39 is 0 Å². The van der Waals surface area contributed by atoms with E-state index in [-0.39, 0.29) is 0 Å². The van der Waals surface area contributed by atoms with Gasteiger partial charge in [-0.25, -0.2) is 9.97 Å². The van der Waals surface area contributed by atoms with Crippen LogP contribution in [0.25, 0.3) is 0 Å². The van der Waals surface area contributed by atoms with Crippen molar-refractivity contribution in [3.05, 3.63) is 24.3 Å². The number of nitrogens with zero attached hydrogens (tertiary/aromatic N) is 2. The van der Waals surface area contributed by atoms with E-state index in [1.54, 1.807) is 12.4 Å². The quantitative estimate of drug-likeness (QED) is 0.658. The molecule has 1 aliphatic heterocycles. The molecule has 1 aliphatic rings. The average Bonchev–Trinajstić information content (AvgIpc) is 2.59. The van der Waals surface area contributed by atoms with Crippen molar-refractivity contribution >= 4 is 0 Å². The molecule has 3 nitrogen and oxygen atoms in total. The fourth-order valence-corrected chi connectivity index (χ4v) is 1.44. The van der Waals surface area contributed by atoms with Crippen molar-refractivity contribution in [1.29, 1.82) is 0 Å². The van der Waals surface area contributed by atoms with Crippen LogP contribution in [0.2, 0.25) is 0 Å². The summed E-state index contributed by atoms with van der Waals surface area (Å²) < 4.78 is 5.48. The molecular formula is C9H12N2O. The molecule has 0 radical (unpaired) electrons. The first-order valence-electron chi connectivity index (χ1n) is 4.32. The molecule has 1 fully saturated rings. The zero-order valence-electron chi connectivity index (χ0n) is 6.94. The van der Waals surface area contributed by atoms with E-state index in [2.05, 4.69) is 9.97 Å². The van der Waals surface area contributed by atoms with Gasteiger partial charge in [-0.3, -0.25) is 0 Å². The molecule has 0 bridgehead atoms. The summed E-state index contributed by atoms with van der Waals surface area (Å²) in [5.41, 5.74) is 0. The van der Waals surface area contributed by atoms with E-state index in [1.807, 2.05) is 6.07 Å². The van der Waals surface area contributed by atoms with Crippen LogP contribution in [0.1, 0.15) is 18.7 Å². The molecule has 3 heteroatoms. The van der Waals surface area contributed by atoms with Gasteiger partial charge >= 0.3 is 0 Å². The van der Waals surface area contributed by atoms with Gasteiger partial charge in [0, 0.05) is 25.4 Å². The van der Waals surface area contributed by atoms with Crippen molar-refractivity contribution in [3.63, 3.8) is 0 Å². The van der Waals surface area contributed by atoms with Crippen molar-refractivity contribution in [3.8, 4) is 0 Å². The third-order valence-corrected chi connectivity index (χ3v) is 2.05. The van der Waals surface area contributed by atoms with Crippen molar-refractivity contribution < 1.29 is 4.74 Å². The van der Waals surface area contributed by atoms with Gasteiger partial charge in [0.05, 0.1) is 6.10 Å². The fraction of sp³-hybridized carbons (Fsp3) is 0.556. The molecule has 2 heterocycles. The first kappa shape index (κ1) is 7.68. The Morgan fingerprint density at radius 3 is 2.92 bits per heavy atom. The van der Waals surface area contributed by atoms with Gasteiger partial charge in [-0.2, -0.15) is 0 Å². The van der Waals surface area contributed by atoms with Gasteiger partial charge in [0.25, 0.3) is 0 Å². The maximum atomic E-state index is 5.48. The summed E-state index contributed by atoms with van der Waals surface area (Å²) >= 11 is 0. The van der Waals surface area contributed by atoms with E-state index in [0.717, 1.165) is 25.3 Å². The van der Waals surface area contributed by atoms with Gasteiger partial charge < -0.3 is 4.74 Å². The maximum Gasteiger partial charge on any atom is 0.130 e. The van der Waals surface area contributed by atoms with Gasteiger partial charge in [-0.1, -0.05) is 0 Å². The summed E-state index contributed by atoms with van der Waals surface area (Å²) in [6, 6.07) is 1.83. The molecule has 1 aromatic heterocycles. The first-order chi connectivity index (χ1) is 5.95. The van der Waals surface area contributed by atoms with Crippen LogP contribution in [0.4, 0.5) is 0 Å². The Balaban J connectivity index is 1.94. The number of rotatable bonds is 2. The third-order valence-electron chi connectivity index (χ3n) is 2.05. The lowest BCUT2D eigenvalue weighted by atomic mass is 10.2. The minimum Gasteiger partial charge on any atom is -0.378 e. The largest absolute Gasteiger partial charge is 0.378 e. The average molecular weight is 164 g/mol. The molecule has 1 aromatic rings. The van der Waals surface area contributed by atoms with E-state index in [1.165, 1.54) is 6.42 Å². The lowest BCUT2D eigenvalue weighted by molar-refractivity contribution is 0.110. The zero-order chi connectivity index (χ0) is 8.23. The molecule has 0 aromatic carbocycles. The Kier molecular flexibility index (Phi) is 2.32. The maximum absolute atomic E-state index is 5.48. The smallest absolute Gasteiger partial charge is 0.130 e. The van der Waals surface area contributed by atoms with Gasteiger partial charge in [0.2, 0.25) is 0 Å². The van der Waals surface area contributed by atoms with Crippen molar-refractivity contribution in [2.24, 2.45) is 0 Å². The summed E-state index contributed by atoms with van der Waals surface area (Å²) in [6.45, 7) is 0.900. The van der Waals surface area contributed by atoms with Crippen LogP contribution in [0.3, 0.4) is 0 Å². The van der Waals surface area contributed by atoms with Crippen LogP contribution in [-0.2, 0) is 11.2 Å². The lowest BCUT2D eigenvalue weighted by Crippen LogP contribution is -2.10. The summed E-state index contributed by atoms with van der Waals surface area (Å²) in [6.07, 6.45) is 7.10. The third kappa shape index (κ3) is 1.80. The highest BCUT2D eigenvalue weighted by Crippen LogP contribution is 2.14.